The lowest BCUT2D eigenvalue weighted by Crippen LogP contribution is -2.41. The van der Waals surface area contributed by atoms with E-state index in [1.807, 2.05) is 12.1 Å². The standard InChI is InChI=1S/C25H33FN4/c1-3-29(19-25-27-23-11-4-5-12-24(23)28(25)2)17-21-9-7-14-30(18-21)15-13-20-8-6-10-22(26)16-20/h4-6,8,10-12,16,21H,3,7,9,13-15,17-19H2,1-2H3/t21-/m0/s1. The zero-order valence-corrected chi connectivity index (χ0v) is 18.2. The summed E-state index contributed by atoms with van der Waals surface area (Å²) in [4.78, 5) is 9.95. The van der Waals surface area contributed by atoms with Crippen LogP contribution in [-0.2, 0) is 20.0 Å². The fourth-order valence-corrected chi connectivity index (χ4v) is 4.69. The molecule has 3 aromatic rings. The summed E-state index contributed by atoms with van der Waals surface area (Å²) >= 11 is 0. The quantitative estimate of drug-likeness (QED) is 0.549. The molecule has 0 bridgehead atoms. The number of hydrogen-bond donors (Lipinski definition) is 0. The molecule has 4 nitrogen and oxygen atoms in total. The number of nitrogens with zero attached hydrogens (tertiary/aromatic N) is 4. The highest BCUT2D eigenvalue weighted by molar-refractivity contribution is 5.75. The maximum Gasteiger partial charge on any atom is 0.123 e. The molecule has 0 N–H and O–H groups in total. The van der Waals surface area contributed by atoms with Gasteiger partial charge >= 0.3 is 0 Å². The van der Waals surface area contributed by atoms with E-state index in [0.29, 0.717) is 5.92 Å². The maximum atomic E-state index is 13.4. The van der Waals surface area contributed by atoms with E-state index in [9.17, 15) is 4.39 Å². The number of para-hydroxylation sites is 2. The number of aromatic nitrogens is 2. The van der Waals surface area contributed by atoms with E-state index in [1.165, 1.54) is 24.4 Å². The summed E-state index contributed by atoms with van der Waals surface area (Å²) < 4.78 is 15.7. The Morgan fingerprint density at radius 3 is 2.83 bits per heavy atom. The lowest BCUT2D eigenvalue weighted by molar-refractivity contribution is 0.131. The third-order valence-corrected chi connectivity index (χ3v) is 6.42. The van der Waals surface area contributed by atoms with Gasteiger partial charge in [0.15, 0.2) is 0 Å². The van der Waals surface area contributed by atoms with Crippen molar-refractivity contribution in [2.75, 3.05) is 32.7 Å². The lowest BCUT2D eigenvalue weighted by atomic mass is 9.97. The first-order valence-corrected chi connectivity index (χ1v) is 11.2. The number of rotatable bonds is 8. The van der Waals surface area contributed by atoms with Crippen molar-refractivity contribution in [3.63, 3.8) is 0 Å². The van der Waals surface area contributed by atoms with E-state index in [2.05, 4.69) is 52.6 Å². The molecule has 30 heavy (non-hydrogen) atoms. The van der Waals surface area contributed by atoms with Gasteiger partial charge in [-0.25, -0.2) is 9.37 Å². The van der Waals surface area contributed by atoms with Crippen molar-refractivity contribution >= 4 is 11.0 Å². The molecule has 160 valence electrons. The summed E-state index contributed by atoms with van der Waals surface area (Å²) in [6.45, 7) is 8.57. The summed E-state index contributed by atoms with van der Waals surface area (Å²) in [7, 11) is 2.12. The van der Waals surface area contributed by atoms with Gasteiger partial charge in [0.1, 0.15) is 11.6 Å². The normalized spacial score (nSPS) is 17.8. The van der Waals surface area contributed by atoms with Crippen LogP contribution < -0.4 is 0 Å². The molecule has 0 aliphatic carbocycles. The molecule has 1 aliphatic heterocycles. The Hall–Kier alpha value is -2.24. The first-order valence-electron chi connectivity index (χ1n) is 11.2. The minimum absolute atomic E-state index is 0.135. The molecule has 0 unspecified atom stereocenters. The third kappa shape index (κ3) is 5.08. The minimum atomic E-state index is -0.135. The number of aryl methyl sites for hydroxylation is 1. The lowest BCUT2D eigenvalue weighted by Gasteiger charge is -2.35. The van der Waals surface area contributed by atoms with Gasteiger partial charge in [0.25, 0.3) is 0 Å². The van der Waals surface area contributed by atoms with Gasteiger partial charge in [0.2, 0.25) is 0 Å². The first-order chi connectivity index (χ1) is 14.6. The molecule has 1 fully saturated rings. The van der Waals surface area contributed by atoms with E-state index < -0.39 is 0 Å². The van der Waals surface area contributed by atoms with E-state index in [1.54, 1.807) is 6.07 Å². The highest BCUT2D eigenvalue weighted by Crippen LogP contribution is 2.20. The number of fused-ring (bicyclic) bond motifs is 1. The highest BCUT2D eigenvalue weighted by Gasteiger charge is 2.22. The van der Waals surface area contributed by atoms with Gasteiger partial charge in [-0.1, -0.05) is 31.2 Å². The molecule has 0 amide bonds. The predicted molar refractivity (Wildman–Crippen MR) is 121 cm³/mol. The van der Waals surface area contributed by atoms with Crippen molar-refractivity contribution < 1.29 is 4.39 Å². The van der Waals surface area contributed by atoms with Crippen LogP contribution in [0.3, 0.4) is 0 Å². The molecule has 1 atom stereocenters. The Bertz CT molecular complexity index is 967. The summed E-state index contributed by atoms with van der Waals surface area (Å²) in [6, 6.07) is 15.4. The fraction of sp³-hybridized carbons (Fsp3) is 0.480. The molecular weight excluding hydrogens is 375 g/mol. The second-order valence-corrected chi connectivity index (χ2v) is 8.59. The van der Waals surface area contributed by atoms with Crippen LogP contribution in [0.4, 0.5) is 4.39 Å². The molecule has 2 aromatic carbocycles. The van der Waals surface area contributed by atoms with E-state index in [-0.39, 0.29) is 5.82 Å². The van der Waals surface area contributed by atoms with E-state index in [0.717, 1.165) is 62.6 Å². The molecule has 0 spiro atoms. The topological polar surface area (TPSA) is 24.3 Å². The number of piperidine rings is 1. The van der Waals surface area contributed by atoms with Gasteiger partial charge in [-0.15, -0.1) is 0 Å². The zero-order valence-electron chi connectivity index (χ0n) is 18.2. The Morgan fingerprint density at radius 1 is 1.17 bits per heavy atom. The van der Waals surface area contributed by atoms with Crippen LogP contribution in [0.15, 0.2) is 48.5 Å². The van der Waals surface area contributed by atoms with Crippen molar-refractivity contribution in [1.29, 1.82) is 0 Å². The Balaban J connectivity index is 1.33. The third-order valence-electron chi connectivity index (χ3n) is 6.42. The number of benzene rings is 2. The highest BCUT2D eigenvalue weighted by atomic mass is 19.1. The monoisotopic (exact) mass is 408 g/mol. The SMILES string of the molecule is CCN(Cc1nc2ccccc2n1C)C[C@@H]1CCCN(CCc2cccc(F)c2)C1. The molecule has 1 aliphatic rings. The number of hydrogen-bond acceptors (Lipinski definition) is 3. The average molecular weight is 409 g/mol. The van der Waals surface area contributed by atoms with Gasteiger partial charge in [-0.3, -0.25) is 4.90 Å². The predicted octanol–water partition coefficient (Wildman–Crippen LogP) is 4.49. The molecule has 1 aromatic heterocycles. The van der Waals surface area contributed by atoms with Crippen LogP contribution >= 0.6 is 0 Å². The van der Waals surface area contributed by atoms with Gasteiger partial charge in [0.05, 0.1) is 17.6 Å². The van der Waals surface area contributed by atoms with Crippen LogP contribution in [0.1, 0.15) is 31.2 Å². The first kappa shape index (κ1) is 21.0. The van der Waals surface area contributed by atoms with E-state index in [4.69, 9.17) is 4.98 Å². The van der Waals surface area contributed by atoms with Crippen molar-refractivity contribution in [2.45, 2.75) is 32.7 Å². The number of halogens is 1. The van der Waals surface area contributed by atoms with Crippen LogP contribution in [0.5, 0.6) is 0 Å². The van der Waals surface area contributed by atoms with Crippen molar-refractivity contribution in [2.24, 2.45) is 13.0 Å². The molecule has 2 heterocycles. The summed E-state index contributed by atoms with van der Waals surface area (Å²) in [5.41, 5.74) is 3.37. The minimum Gasteiger partial charge on any atom is -0.330 e. The van der Waals surface area contributed by atoms with Crippen LogP contribution in [0.2, 0.25) is 0 Å². The van der Waals surface area contributed by atoms with Gasteiger partial charge in [-0.05, 0) is 68.1 Å². The van der Waals surface area contributed by atoms with Crippen LogP contribution in [0.25, 0.3) is 11.0 Å². The second kappa shape index (κ2) is 9.71. The molecule has 0 radical (unpaired) electrons. The van der Waals surface area contributed by atoms with Crippen molar-refractivity contribution in [3.8, 4) is 0 Å². The van der Waals surface area contributed by atoms with Gasteiger partial charge in [-0.2, -0.15) is 0 Å². The van der Waals surface area contributed by atoms with Gasteiger partial charge in [0, 0.05) is 26.7 Å². The zero-order chi connectivity index (χ0) is 20.9. The van der Waals surface area contributed by atoms with Crippen molar-refractivity contribution in [3.05, 3.63) is 65.7 Å². The Labute approximate surface area is 179 Å². The Morgan fingerprint density at radius 2 is 2.03 bits per heavy atom. The molecule has 4 rings (SSSR count). The second-order valence-electron chi connectivity index (χ2n) is 8.59. The number of imidazole rings is 1. The largest absolute Gasteiger partial charge is 0.330 e. The van der Waals surface area contributed by atoms with E-state index >= 15 is 0 Å². The Kier molecular flexibility index (Phi) is 6.80. The maximum absolute atomic E-state index is 13.4. The average Bonchev–Trinajstić information content (AvgIpc) is 3.08. The van der Waals surface area contributed by atoms with Gasteiger partial charge < -0.3 is 9.47 Å². The summed E-state index contributed by atoms with van der Waals surface area (Å²) in [5, 5.41) is 0. The van der Waals surface area contributed by atoms with Crippen LogP contribution in [-0.4, -0.2) is 52.1 Å². The van der Waals surface area contributed by atoms with Crippen molar-refractivity contribution in [1.82, 2.24) is 19.4 Å². The molecule has 1 saturated heterocycles. The molecular formula is C25H33FN4. The summed E-state index contributed by atoms with van der Waals surface area (Å²) in [6.07, 6.45) is 3.45. The smallest absolute Gasteiger partial charge is 0.123 e. The fourth-order valence-electron chi connectivity index (χ4n) is 4.69. The molecule has 5 heteroatoms. The molecule has 0 saturated carbocycles. The van der Waals surface area contributed by atoms with Crippen LogP contribution in [0, 0.1) is 11.7 Å². The number of likely N-dealkylation sites (tertiary alicyclic amines) is 1. The summed E-state index contributed by atoms with van der Waals surface area (Å²) in [5.74, 6) is 1.68.